The predicted octanol–water partition coefficient (Wildman–Crippen LogP) is 2.07. The van der Waals surface area contributed by atoms with Crippen LogP contribution >= 0.6 is 12.4 Å². The molecule has 1 unspecified atom stereocenters. The quantitative estimate of drug-likeness (QED) is 0.815. The number of hydrogen-bond donors (Lipinski definition) is 1. The lowest BCUT2D eigenvalue weighted by molar-refractivity contribution is -0.144. The van der Waals surface area contributed by atoms with E-state index < -0.39 is 0 Å². The van der Waals surface area contributed by atoms with Crippen LogP contribution in [-0.4, -0.2) is 49.7 Å². The Hall–Kier alpha value is -0.320. The van der Waals surface area contributed by atoms with Crippen molar-refractivity contribution >= 4 is 18.3 Å². The SMILES string of the molecule is CNC1CCN(C(=O)C(C)OCCC(C)C)CC1.Cl. The van der Waals surface area contributed by atoms with E-state index in [-0.39, 0.29) is 24.4 Å². The largest absolute Gasteiger partial charge is 0.369 e. The van der Waals surface area contributed by atoms with Crippen LogP contribution in [0.1, 0.15) is 40.0 Å². The highest BCUT2D eigenvalue weighted by atomic mass is 35.5. The summed E-state index contributed by atoms with van der Waals surface area (Å²) in [4.78, 5) is 14.1. The third-order valence-electron chi connectivity index (χ3n) is 3.63. The number of halogens is 1. The number of carbonyl (C=O) groups is 1. The number of carbonyl (C=O) groups excluding carboxylic acids is 1. The standard InChI is InChI=1S/C14H28N2O2.ClH/c1-11(2)7-10-18-12(3)14(17)16-8-5-13(15-4)6-9-16;/h11-13,15H,5-10H2,1-4H3;1H. The maximum atomic E-state index is 12.1. The van der Waals surface area contributed by atoms with E-state index in [0.717, 1.165) is 32.4 Å². The molecule has 1 aliphatic rings. The van der Waals surface area contributed by atoms with Crippen molar-refractivity contribution in [2.24, 2.45) is 5.92 Å². The summed E-state index contributed by atoms with van der Waals surface area (Å²) in [5, 5.41) is 3.27. The van der Waals surface area contributed by atoms with Crippen LogP contribution < -0.4 is 5.32 Å². The van der Waals surface area contributed by atoms with Gasteiger partial charge in [0.1, 0.15) is 6.10 Å². The average Bonchev–Trinajstić information content (AvgIpc) is 2.37. The maximum absolute atomic E-state index is 12.1. The molecule has 1 amide bonds. The fourth-order valence-electron chi connectivity index (χ4n) is 2.20. The van der Waals surface area contributed by atoms with Crippen LogP contribution in [0.3, 0.4) is 0 Å². The number of nitrogens with zero attached hydrogens (tertiary/aromatic N) is 1. The Balaban J connectivity index is 0.00000324. The second-order valence-electron chi connectivity index (χ2n) is 5.58. The molecule has 0 aromatic heterocycles. The van der Waals surface area contributed by atoms with Crippen LogP contribution in [0.25, 0.3) is 0 Å². The van der Waals surface area contributed by atoms with Crippen molar-refractivity contribution < 1.29 is 9.53 Å². The van der Waals surface area contributed by atoms with E-state index >= 15 is 0 Å². The summed E-state index contributed by atoms with van der Waals surface area (Å²) in [5.41, 5.74) is 0. The summed E-state index contributed by atoms with van der Waals surface area (Å²) in [6.07, 6.45) is 2.80. The monoisotopic (exact) mass is 292 g/mol. The first-order valence-corrected chi connectivity index (χ1v) is 7.12. The van der Waals surface area contributed by atoms with Crippen LogP contribution in [-0.2, 0) is 9.53 Å². The Labute approximate surface area is 123 Å². The van der Waals surface area contributed by atoms with E-state index in [1.54, 1.807) is 0 Å². The minimum absolute atomic E-state index is 0. The lowest BCUT2D eigenvalue weighted by Crippen LogP contribution is -2.47. The van der Waals surface area contributed by atoms with Crippen molar-refractivity contribution in [2.45, 2.75) is 52.2 Å². The van der Waals surface area contributed by atoms with Gasteiger partial charge in [-0.25, -0.2) is 0 Å². The first-order valence-electron chi connectivity index (χ1n) is 7.12. The van der Waals surface area contributed by atoms with E-state index in [1.165, 1.54) is 0 Å². The summed E-state index contributed by atoms with van der Waals surface area (Å²) >= 11 is 0. The van der Waals surface area contributed by atoms with Crippen LogP contribution in [0.4, 0.5) is 0 Å². The Morgan fingerprint density at radius 2 is 1.89 bits per heavy atom. The van der Waals surface area contributed by atoms with Gasteiger partial charge < -0.3 is 15.0 Å². The van der Waals surface area contributed by atoms with E-state index in [1.807, 2.05) is 18.9 Å². The zero-order valence-electron chi connectivity index (χ0n) is 12.6. The van der Waals surface area contributed by atoms with Crippen LogP contribution in [0, 0.1) is 5.92 Å². The van der Waals surface area contributed by atoms with Crippen molar-refractivity contribution in [3.63, 3.8) is 0 Å². The van der Waals surface area contributed by atoms with Gasteiger partial charge >= 0.3 is 0 Å². The second kappa shape index (κ2) is 9.56. The molecule has 1 saturated heterocycles. The Morgan fingerprint density at radius 1 is 1.32 bits per heavy atom. The number of piperidine rings is 1. The van der Waals surface area contributed by atoms with Gasteiger partial charge in [-0.05, 0) is 39.2 Å². The molecule has 4 nitrogen and oxygen atoms in total. The van der Waals surface area contributed by atoms with Gasteiger partial charge in [0, 0.05) is 25.7 Å². The molecule has 1 fully saturated rings. The van der Waals surface area contributed by atoms with Crippen molar-refractivity contribution in [3.8, 4) is 0 Å². The molecule has 0 aliphatic carbocycles. The molecule has 1 rings (SSSR count). The van der Waals surface area contributed by atoms with Gasteiger partial charge in [-0.2, -0.15) is 0 Å². The third kappa shape index (κ3) is 6.59. The van der Waals surface area contributed by atoms with Crippen molar-refractivity contribution in [2.75, 3.05) is 26.7 Å². The minimum Gasteiger partial charge on any atom is -0.369 e. The number of nitrogens with one attached hydrogen (secondary N) is 1. The van der Waals surface area contributed by atoms with E-state index in [4.69, 9.17) is 4.74 Å². The summed E-state index contributed by atoms with van der Waals surface area (Å²) in [5.74, 6) is 0.770. The minimum atomic E-state index is -0.296. The number of ether oxygens (including phenoxy) is 1. The lowest BCUT2D eigenvalue weighted by Gasteiger charge is -2.33. The van der Waals surface area contributed by atoms with Crippen molar-refractivity contribution in [1.82, 2.24) is 10.2 Å². The normalized spacial score (nSPS) is 18.3. The summed E-state index contributed by atoms with van der Waals surface area (Å²) in [7, 11) is 1.99. The Morgan fingerprint density at radius 3 is 2.37 bits per heavy atom. The van der Waals surface area contributed by atoms with Gasteiger partial charge in [-0.1, -0.05) is 13.8 Å². The first-order chi connectivity index (χ1) is 8.54. The fourth-order valence-corrected chi connectivity index (χ4v) is 2.20. The lowest BCUT2D eigenvalue weighted by atomic mass is 10.0. The molecule has 1 aliphatic heterocycles. The second-order valence-corrected chi connectivity index (χ2v) is 5.58. The summed E-state index contributed by atoms with van der Waals surface area (Å²) < 4.78 is 5.61. The summed E-state index contributed by atoms with van der Waals surface area (Å²) in [6.45, 7) is 8.57. The van der Waals surface area contributed by atoms with Crippen LogP contribution in [0.2, 0.25) is 0 Å². The van der Waals surface area contributed by atoms with Crippen LogP contribution in [0.5, 0.6) is 0 Å². The first kappa shape index (κ1) is 18.7. The average molecular weight is 293 g/mol. The zero-order chi connectivity index (χ0) is 13.5. The van der Waals surface area contributed by atoms with Gasteiger partial charge in [-0.15, -0.1) is 12.4 Å². The highest BCUT2D eigenvalue weighted by Crippen LogP contribution is 2.12. The number of hydrogen-bond acceptors (Lipinski definition) is 3. The molecule has 0 aromatic carbocycles. The molecule has 114 valence electrons. The molecular formula is C14H29ClN2O2. The smallest absolute Gasteiger partial charge is 0.251 e. The number of amides is 1. The molecule has 0 saturated carbocycles. The highest BCUT2D eigenvalue weighted by molar-refractivity contribution is 5.85. The molecular weight excluding hydrogens is 264 g/mol. The van der Waals surface area contributed by atoms with Gasteiger partial charge in [0.25, 0.3) is 5.91 Å². The van der Waals surface area contributed by atoms with Gasteiger partial charge in [0.2, 0.25) is 0 Å². The van der Waals surface area contributed by atoms with Gasteiger partial charge in [0.05, 0.1) is 0 Å². The topological polar surface area (TPSA) is 41.6 Å². The molecule has 1 N–H and O–H groups in total. The molecule has 0 spiro atoms. The predicted molar refractivity (Wildman–Crippen MR) is 80.8 cm³/mol. The Bertz CT molecular complexity index is 254. The molecule has 19 heavy (non-hydrogen) atoms. The molecule has 0 radical (unpaired) electrons. The molecule has 0 bridgehead atoms. The maximum Gasteiger partial charge on any atom is 0.251 e. The Kier molecular flexibility index (Phi) is 9.40. The molecule has 1 atom stereocenters. The highest BCUT2D eigenvalue weighted by Gasteiger charge is 2.25. The summed E-state index contributed by atoms with van der Waals surface area (Å²) in [6, 6.07) is 0.561. The van der Waals surface area contributed by atoms with Crippen LogP contribution in [0.15, 0.2) is 0 Å². The number of rotatable bonds is 6. The van der Waals surface area contributed by atoms with E-state index in [9.17, 15) is 4.79 Å². The fraction of sp³-hybridized carbons (Fsp3) is 0.929. The van der Waals surface area contributed by atoms with Gasteiger partial charge in [-0.3, -0.25) is 4.79 Å². The van der Waals surface area contributed by atoms with Gasteiger partial charge in [0.15, 0.2) is 0 Å². The van der Waals surface area contributed by atoms with Crippen molar-refractivity contribution in [1.29, 1.82) is 0 Å². The number of likely N-dealkylation sites (tertiary alicyclic amines) is 1. The van der Waals surface area contributed by atoms with E-state index in [0.29, 0.717) is 18.6 Å². The zero-order valence-corrected chi connectivity index (χ0v) is 13.5. The van der Waals surface area contributed by atoms with Crippen molar-refractivity contribution in [3.05, 3.63) is 0 Å². The van der Waals surface area contributed by atoms with E-state index in [2.05, 4.69) is 19.2 Å². The molecule has 1 heterocycles. The third-order valence-corrected chi connectivity index (χ3v) is 3.63. The molecule has 0 aromatic rings. The molecule has 5 heteroatoms.